The summed E-state index contributed by atoms with van der Waals surface area (Å²) < 4.78 is 28.2. The fraction of sp³-hybridized carbons (Fsp3) is 0.292. The van der Waals surface area contributed by atoms with Crippen molar-refractivity contribution < 1.29 is 13.2 Å². The number of sulfonamides is 1. The highest BCUT2D eigenvalue weighted by Crippen LogP contribution is 2.24. The SMILES string of the molecule is Cc1ccc(NS(=O)(=O)c2ccc(C)c(C(=O)NCCN3CCc4sccc4C3)c2)cc1. The molecule has 1 aliphatic heterocycles. The van der Waals surface area contributed by atoms with Gasteiger partial charge < -0.3 is 5.32 Å². The molecule has 0 saturated carbocycles. The number of aryl methyl sites for hydroxylation is 2. The number of rotatable bonds is 7. The maximum Gasteiger partial charge on any atom is 0.261 e. The number of thiophene rings is 1. The zero-order chi connectivity index (χ0) is 22.7. The van der Waals surface area contributed by atoms with Gasteiger partial charge in [-0.3, -0.25) is 14.4 Å². The minimum Gasteiger partial charge on any atom is -0.351 e. The quantitative estimate of drug-likeness (QED) is 0.549. The predicted octanol–water partition coefficient (Wildman–Crippen LogP) is 3.95. The molecule has 1 aromatic heterocycles. The number of amides is 1. The van der Waals surface area contributed by atoms with E-state index in [-0.39, 0.29) is 10.8 Å². The van der Waals surface area contributed by atoms with Gasteiger partial charge in [-0.1, -0.05) is 23.8 Å². The minimum absolute atomic E-state index is 0.0647. The summed E-state index contributed by atoms with van der Waals surface area (Å²) in [5, 5.41) is 5.08. The molecule has 2 heterocycles. The van der Waals surface area contributed by atoms with Gasteiger partial charge in [0.05, 0.1) is 4.90 Å². The zero-order valence-electron chi connectivity index (χ0n) is 18.2. The average Bonchev–Trinajstić information content (AvgIpc) is 3.23. The van der Waals surface area contributed by atoms with Crippen molar-refractivity contribution in [1.82, 2.24) is 10.2 Å². The summed E-state index contributed by atoms with van der Waals surface area (Å²) in [6.45, 7) is 6.91. The van der Waals surface area contributed by atoms with Crippen LogP contribution in [-0.4, -0.2) is 38.9 Å². The Hall–Kier alpha value is -2.68. The smallest absolute Gasteiger partial charge is 0.261 e. The Morgan fingerprint density at radius 2 is 1.88 bits per heavy atom. The third kappa shape index (κ3) is 5.20. The van der Waals surface area contributed by atoms with Crippen LogP contribution in [0.1, 0.15) is 31.9 Å². The van der Waals surface area contributed by atoms with Crippen molar-refractivity contribution >= 4 is 33.0 Å². The maximum absolute atomic E-state index is 12.8. The Kier molecular flexibility index (Phi) is 6.64. The standard InChI is InChI=1S/C24H27N3O3S2/c1-17-3-6-20(7-4-17)26-32(29,30)21-8-5-18(2)22(15-21)24(28)25-11-13-27-12-9-23-19(16-27)10-14-31-23/h3-8,10,14-15,26H,9,11-13,16H2,1-2H3,(H,25,28). The summed E-state index contributed by atoms with van der Waals surface area (Å²) in [6, 6.07) is 13.9. The molecule has 0 aliphatic carbocycles. The summed E-state index contributed by atoms with van der Waals surface area (Å²) >= 11 is 1.81. The Balaban J connectivity index is 1.39. The van der Waals surface area contributed by atoms with Crippen molar-refractivity contribution in [3.63, 3.8) is 0 Å². The zero-order valence-corrected chi connectivity index (χ0v) is 19.9. The van der Waals surface area contributed by atoms with Gasteiger partial charge in [0.2, 0.25) is 0 Å². The van der Waals surface area contributed by atoms with Gasteiger partial charge in [0.15, 0.2) is 0 Å². The lowest BCUT2D eigenvalue weighted by atomic mass is 10.1. The van der Waals surface area contributed by atoms with Gasteiger partial charge >= 0.3 is 0 Å². The van der Waals surface area contributed by atoms with Gasteiger partial charge in [0, 0.05) is 42.3 Å². The fourth-order valence-electron chi connectivity index (χ4n) is 3.77. The van der Waals surface area contributed by atoms with Crippen molar-refractivity contribution in [3.05, 3.63) is 81.0 Å². The number of nitrogens with zero attached hydrogens (tertiary/aromatic N) is 1. The molecular formula is C24H27N3O3S2. The molecule has 3 aromatic rings. The number of benzene rings is 2. The van der Waals surface area contributed by atoms with Crippen molar-refractivity contribution in [1.29, 1.82) is 0 Å². The fourth-order valence-corrected chi connectivity index (χ4v) is 5.74. The molecule has 0 saturated heterocycles. The lowest BCUT2D eigenvalue weighted by Crippen LogP contribution is -2.37. The molecule has 0 unspecified atom stereocenters. The molecule has 0 radical (unpaired) electrons. The van der Waals surface area contributed by atoms with Crippen LogP contribution >= 0.6 is 11.3 Å². The number of hydrogen-bond donors (Lipinski definition) is 2. The lowest BCUT2D eigenvalue weighted by molar-refractivity contribution is 0.0946. The Morgan fingerprint density at radius 1 is 1.09 bits per heavy atom. The molecule has 0 atom stereocenters. The van der Waals surface area contributed by atoms with Crippen LogP contribution in [0.3, 0.4) is 0 Å². The molecule has 32 heavy (non-hydrogen) atoms. The average molecular weight is 470 g/mol. The monoisotopic (exact) mass is 469 g/mol. The first-order chi connectivity index (χ1) is 15.3. The molecule has 6 nitrogen and oxygen atoms in total. The largest absolute Gasteiger partial charge is 0.351 e. The second kappa shape index (κ2) is 9.44. The first-order valence-corrected chi connectivity index (χ1v) is 12.9. The molecule has 1 aliphatic rings. The number of anilines is 1. The van der Waals surface area contributed by atoms with E-state index in [2.05, 4.69) is 26.4 Å². The molecule has 0 fully saturated rings. The van der Waals surface area contributed by atoms with Crippen LogP contribution in [0, 0.1) is 13.8 Å². The van der Waals surface area contributed by atoms with Crippen LogP contribution in [0.25, 0.3) is 0 Å². The number of nitrogens with one attached hydrogen (secondary N) is 2. The van der Waals surface area contributed by atoms with E-state index in [4.69, 9.17) is 0 Å². The molecule has 2 aromatic carbocycles. The van der Waals surface area contributed by atoms with Crippen molar-refractivity contribution in [2.24, 2.45) is 0 Å². The number of hydrogen-bond acceptors (Lipinski definition) is 5. The van der Waals surface area contributed by atoms with Gasteiger partial charge in [-0.05, 0) is 67.1 Å². The molecule has 4 rings (SSSR count). The Labute approximate surface area is 193 Å². The number of fused-ring (bicyclic) bond motifs is 1. The predicted molar refractivity (Wildman–Crippen MR) is 129 cm³/mol. The number of carbonyl (C=O) groups excluding carboxylic acids is 1. The first-order valence-electron chi connectivity index (χ1n) is 10.6. The van der Waals surface area contributed by atoms with Gasteiger partial charge in [-0.25, -0.2) is 8.42 Å². The Morgan fingerprint density at radius 3 is 2.66 bits per heavy atom. The van der Waals surface area contributed by atoms with E-state index in [1.807, 2.05) is 30.4 Å². The molecule has 168 valence electrons. The molecule has 0 spiro atoms. The maximum atomic E-state index is 12.8. The summed E-state index contributed by atoms with van der Waals surface area (Å²) in [4.78, 5) is 16.6. The van der Waals surface area contributed by atoms with Gasteiger partial charge in [0.25, 0.3) is 15.9 Å². The van der Waals surface area contributed by atoms with E-state index in [1.165, 1.54) is 22.6 Å². The van der Waals surface area contributed by atoms with E-state index in [9.17, 15) is 13.2 Å². The van der Waals surface area contributed by atoms with Gasteiger partial charge in [-0.2, -0.15) is 0 Å². The highest BCUT2D eigenvalue weighted by atomic mass is 32.2. The molecule has 0 bridgehead atoms. The van der Waals surface area contributed by atoms with Gasteiger partial charge in [0.1, 0.15) is 0 Å². The van der Waals surface area contributed by atoms with E-state index in [0.29, 0.717) is 17.8 Å². The van der Waals surface area contributed by atoms with E-state index in [1.54, 1.807) is 25.1 Å². The van der Waals surface area contributed by atoms with E-state index >= 15 is 0 Å². The van der Waals surface area contributed by atoms with E-state index in [0.717, 1.165) is 37.2 Å². The second-order valence-corrected chi connectivity index (χ2v) is 10.8. The van der Waals surface area contributed by atoms with Crippen molar-refractivity contribution in [2.45, 2.75) is 31.7 Å². The molecule has 8 heteroatoms. The summed E-state index contributed by atoms with van der Waals surface area (Å²) in [5.41, 5.74) is 4.01. The second-order valence-electron chi connectivity index (χ2n) is 8.10. The van der Waals surface area contributed by atoms with E-state index < -0.39 is 10.0 Å². The van der Waals surface area contributed by atoms with Crippen LogP contribution in [0.2, 0.25) is 0 Å². The first kappa shape index (κ1) is 22.5. The van der Waals surface area contributed by atoms with Crippen molar-refractivity contribution in [2.75, 3.05) is 24.4 Å². The third-order valence-electron chi connectivity index (χ3n) is 5.67. The topological polar surface area (TPSA) is 78.5 Å². The van der Waals surface area contributed by atoms with Crippen LogP contribution in [0.5, 0.6) is 0 Å². The summed E-state index contributed by atoms with van der Waals surface area (Å²) in [5.74, 6) is -0.261. The minimum atomic E-state index is -3.80. The summed E-state index contributed by atoms with van der Waals surface area (Å²) in [6.07, 6.45) is 1.05. The molecular weight excluding hydrogens is 442 g/mol. The lowest BCUT2D eigenvalue weighted by Gasteiger charge is -2.26. The summed E-state index contributed by atoms with van der Waals surface area (Å²) in [7, 11) is -3.80. The van der Waals surface area contributed by atoms with Crippen LogP contribution in [0.4, 0.5) is 5.69 Å². The normalized spacial score (nSPS) is 14.1. The van der Waals surface area contributed by atoms with Crippen LogP contribution in [-0.2, 0) is 23.0 Å². The van der Waals surface area contributed by atoms with Gasteiger partial charge in [-0.15, -0.1) is 11.3 Å². The molecule has 2 N–H and O–H groups in total. The number of carbonyl (C=O) groups is 1. The molecule has 1 amide bonds. The highest BCUT2D eigenvalue weighted by molar-refractivity contribution is 7.92. The third-order valence-corrected chi connectivity index (χ3v) is 8.07. The van der Waals surface area contributed by atoms with Crippen molar-refractivity contribution in [3.8, 4) is 0 Å². The van der Waals surface area contributed by atoms with Crippen LogP contribution < -0.4 is 10.0 Å². The highest BCUT2D eigenvalue weighted by Gasteiger charge is 2.20. The van der Waals surface area contributed by atoms with Crippen LogP contribution in [0.15, 0.2) is 58.8 Å². The Bertz CT molecular complexity index is 1220.